The molecule has 1 atom stereocenters. The Balaban J connectivity index is 1.82. The summed E-state index contributed by atoms with van der Waals surface area (Å²) in [6.07, 6.45) is 0.885. The number of carbonyl (C=O) groups excluding carboxylic acids is 1. The molecule has 0 aromatic heterocycles. The zero-order valence-corrected chi connectivity index (χ0v) is 10.1. The average Bonchev–Trinajstić information content (AvgIpc) is 2.75. The summed E-state index contributed by atoms with van der Waals surface area (Å²) in [6, 6.07) is 7.80. The van der Waals surface area contributed by atoms with Crippen LogP contribution in [0.2, 0.25) is 0 Å². The fraction of sp³-hybridized carbons (Fsp3) is 0.462. The molecular weight excluding hydrogens is 216 g/mol. The minimum absolute atomic E-state index is 0.0125. The summed E-state index contributed by atoms with van der Waals surface area (Å²) in [5.74, 6) is 0.742. The van der Waals surface area contributed by atoms with Crippen LogP contribution >= 0.6 is 0 Å². The first-order chi connectivity index (χ1) is 8.15. The monoisotopic (exact) mass is 234 g/mol. The van der Waals surface area contributed by atoms with E-state index in [0.717, 1.165) is 18.7 Å². The second-order valence-corrected chi connectivity index (χ2v) is 4.49. The van der Waals surface area contributed by atoms with Gasteiger partial charge in [0.1, 0.15) is 5.75 Å². The molecule has 1 fully saturated rings. The first kappa shape index (κ1) is 11.9. The molecule has 92 valence electrons. The van der Waals surface area contributed by atoms with E-state index in [0.29, 0.717) is 6.54 Å². The Morgan fingerprint density at radius 3 is 2.76 bits per heavy atom. The summed E-state index contributed by atoms with van der Waals surface area (Å²) in [7, 11) is 0. The molecule has 2 N–H and O–H groups in total. The molecule has 1 aromatic carbocycles. The van der Waals surface area contributed by atoms with Crippen molar-refractivity contribution in [3.8, 4) is 5.75 Å². The Hall–Kier alpha value is -1.55. The Kier molecular flexibility index (Phi) is 3.64. The fourth-order valence-electron chi connectivity index (χ4n) is 1.88. The van der Waals surface area contributed by atoms with E-state index >= 15 is 0 Å². The number of aryl methyl sites for hydroxylation is 1. The van der Waals surface area contributed by atoms with E-state index < -0.39 is 0 Å². The van der Waals surface area contributed by atoms with Crippen LogP contribution in [0.3, 0.4) is 0 Å². The Morgan fingerprint density at radius 1 is 1.47 bits per heavy atom. The molecule has 4 nitrogen and oxygen atoms in total. The van der Waals surface area contributed by atoms with Crippen molar-refractivity contribution in [2.75, 3.05) is 19.7 Å². The van der Waals surface area contributed by atoms with Crippen molar-refractivity contribution in [2.24, 2.45) is 5.73 Å². The van der Waals surface area contributed by atoms with E-state index in [4.69, 9.17) is 10.5 Å². The lowest BCUT2D eigenvalue weighted by Crippen LogP contribution is -2.35. The van der Waals surface area contributed by atoms with E-state index in [9.17, 15) is 4.79 Å². The second kappa shape index (κ2) is 5.19. The van der Waals surface area contributed by atoms with Crippen LogP contribution in [0.25, 0.3) is 0 Å². The van der Waals surface area contributed by atoms with Gasteiger partial charge in [0, 0.05) is 19.1 Å². The largest absolute Gasteiger partial charge is 0.484 e. The van der Waals surface area contributed by atoms with E-state index in [-0.39, 0.29) is 18.6 Å². The van der Waals surface area contributed by atoms with Gasteiger partial charge in [0.05, 0.1) is 0 Å². The third-order valence-corrected chi connectivity index (χ3v) is 2.96. The second-order valence-electron chi connectivity index (χ2n) is 4.49. The minimum Gasteiger partial charge on any atom is -0.484 e. The molecule has 0 radical (unpaired) electrons. The molecule has 1 aliphatic heterocycles. The van der Waals surface area contributed by atoms with Gasteiger partial charge >= 0.3 is 0 Å². The molecule has 0 spiro atoms. The Labute approximate surface area is 101 Å². The zero-order chi connectivity index (χ0) is 12.3. The van der Waals surface area contributed by atoms with Gasteiger partial charge in [0.2, 0.25) is 0 Å². The van der Waals surface area contributed by atoms with Crippen molar-refractivity contribution in [3.63, 3.8) is 0 Å². The molecule has 1 unspecified atom stereocenters. The van der Waals surface area contributed by atoms with Crippen LogP contribution in [0, 0.1) is 6.92 Å². The zero-order valence-electron chi connectivity index (χ0n) is 10.1. The van der Waals surface area contributed by atoms with Crippen molar-refractivity contribution < 1.29 is 9.53 Å². The summed E-state index contributed by atoms with van der Waals surface area (Å²) >= 11 is 0. The van der Waals surface area contributed by atoms with E-state index in [1.807, 2.05) is 31.2 Å². The molecular formula is C13H18N2O2. The van der Waals surface area contributed by atoms with Gasteiger partial charge in [-0.3, -0.25) is 4.79 Å². The molecule has 1 amide bonds. The summed E-state index contributed by atoms with van der Waals surface area (Å²) in [6.45, 7) is 3.50. The number of likely N-dealkylation sites (tertiary alicyclic amines) is 1. The number of benzene rings is 1. The lowest BCUT2D eigenvalue weighted by atomic mass is 10.2. The standard InChI is InChI=1S/C13H18N2O2/c1-10-2-4-12(5-3-10)17-9-13(16)15-7-6-11(14)8-15/h2-5,11H,6-9,14H2,1H3. The third-order valence-electron chi connectivity index (χ3n) is 2.96. The van der Waals surface area contributed by atoms with Crippen LogP contribution in [0.4, 0.5) is 0 Å². The minimum atomic E-state index is 0.0125. The SMILES string of the molecule is Cc1ccc(OCC(=O)N2CCC(N)C2)cc1. The highest BCUT2D eigenvalue weighted by Gasteiger charge is 2.23. The van der Waals surface area contributed by atoms with Gasteiger partial charge in [-0.2, -0.15) is 0 Å². The lowest BCUT2D eigenvalue weighted by Gasteiger charge is -2.16. The number of ether oxygens (including phenoxy) is 1. The maximum absolute atomic E-state index is 11.8. The quantitative estimate of drug-likeness (QED) is 0.846. The number of carbonyl (C=O) groups is 1. The van der Waals surface area contributed by atoms with Crippen molar-refractivity contribution in [1.82, 2.24) is 4.90 Å². The highest BCUT2D eigenvalue weighted by molar-refractivity contribution is 5.78. The Bertz CT molecular complexity index is 389. The molecule has 0 bridgehead atoms. The summed E-state index contributed by atoms with van der Waals surface area (Å²) in [4.78, 5) is 13.5. The van der Waals surface area contributed by atoms with Crippen molar-refractivity contribution in [3.05, 3.63) is 29.8 Å². The van der Waals surface area contributed by atoms with Gasteiger partial charge < -0.3 is 15.4 Å². The van der Waals surface area contributed by atoms with Gasteiger partial charge in [-0.25, -0.2) is 0 Å². The van der Waals surface area contributed by atoms with Crippen LogP contribution in [0.1, 0.15) is 12.0 Å². The number of nitrogens with zero attached hydrogens (tertiary/aromatic N) is 1. The van der Waals surface area contributed by atoms with Crippen molar-refractivity contribution in [2.45, 2.75) is 19.4 Å². The molecule has 1 heterocycles. The number of hydrogen-bond acceptors (Lipinski definition) is 3. The summed E-state index contributed by atoms with van der Waals surface area (Å²) in [5, 5.41) is 0. The van der Waals surface area contributed by atoms with Crippen LogP contribution in [0.5, 0.6) is 5.75 Å². The van der Waals surface area contributed by atoms with Crippen molar-refractivity contribution in [1.29, 1.82) is 0 Å². The molecule has 17 heavy (non-hydrogen) atoms. The highest BCUT2D eigenvalue weighted by Crippen LogP contribution is 2.12. The maximum atomic E-state index is 11.8. The maximum Gasteiger partial charge on any atom is 0.260 e. The van der Waals surface area contributed by atoms with Crippen LogP contribution in [-0.2, 0) is 4.79 Å². The molecule has 2 rings (SSSR count). The predicted molar refractivity (Wildman–Crippen MR) is 65.8 cm³/mol. The van der Waals surface area contributed by atoms with Gasteiger partial charge in [-0.05, 0) is 25.5 Å². The van der Waals surface area contributed by atoms with Gasteiger partial charge in [0.15, 0.2) is 6.61 Å². The molecule has 1 aliphatic rings. The number of hydrogen-bond donors (Lipinski definition) is 1. The van der Waals surface area contributed by atoms with Crippen LogP contribution in [0.15, 0.2) is 24.3 Å². The van der Waals surface area contributed by atoms with Crippen LogP contribution < -0.4 is 10.5 Å². The van der Waals surface area contributed by atoms with Gasteiger partial charge in [-0.1, -0.05) is 17.7 Å². The first-order valence-corrected chi connectivity index (χ1v) is 5.88. The number of rotatable bonds is 3. The third kappa shape index (κ3) is 3.20. The normalized spacial score (nSPS) is 19.4. The molecule has 0 aliphatic carbocycles. The Morgan fingerprint density at radius 2 is 2.18 bits per heavy atom. The summed E-state index contributed by atoms with van der Waals surface area (Å²) in [5.41, 5.74) is 6.93. The topological polar surface area (TPSA) is 55.6 Å². The lowest BCUT2D eigenvalue weighted by molar-refractivity contribution is -0.132. The summed E-state index contributed by atoms with van der Waals surface area (Å²) < 4.78 is 5.44. The molecule has 1 saturated heterocycles. The molecule has 0 saturated carbocycles. The number of amides is 1. The van der Waals surface area contributed by atoms with Crippen molar-refractivity contribution >= 4 is 5.91 Å². The highest BCUT2D eigenvalue weighted by atomic mass is 16.5. The van der Waals surface area contributed by atoms with E-state index in [2.05, 4.69) is 0 Å². The predicted octanol–water partition coefficient (Wildman–Crippen LogP) is 0.933. The smallest absolute Gasteiger partial charge is 0.260 e. The van der Waals surface area contributed by atoms with Gasteiger partial charge in [-0.15, -0.1) is 0 Å². The van der Waals surface area contributed by atoms with Gasteiger partial charge in [0.25, 0.3) is 5.91 Å². The van der Waals surface area contributed by atoms with E-state index in [1.165, 1.54) is 5.56 Å². The fourth-order valence-corrected chi connectivity index (χ4v) is 1.88. The first-order valence-electron chi connectivity index (χ1n) is 5.88. The average molecular weight is 234 g/mol. The number of nitrogens with two attached hydrogens (primary N) is 1. The van der Waals surface area contributed by atoms with Crippen LogP contribution in [-0.4, -0.2) is 36.5 Å². The van der Waals surface area contributed by atoms with E-state index in [1.54, 1.807) is 4.90 Å². The molecule has 4 heteroatoms. The molecule has 1 aromatic rings.